The van der Waals surface area contributed by atoms with Crippen molar-refractivity contribution in [2.45, 2.75) is 69.5 Å². The van der Waals surface area contributed by atoms with Crippen LogP contribution in [0.5, 0.6) is 0 Å². The molecule has 8 rings (SSSR count). The van der Waals surface area contributed by atoms with E-state index >= 15 is 0 Å². The van der Waals surface area contributed by atoms with Crippen LogP contribution in [0.2, 0.25) is 0 Å². The van der Waals surface area contributed by atoms with Gasteiger partial charge in [-0.3, -0.25) is 29.5 Å². The highest BCUT2D eigenvalue weighted by Gasteiger charge is 2.50. The number of hydrogen-bond acceptors (Lipinski definition) is 7. The molecule has 40 heavy (non-hydrogen) atoms. The third-order valence-electron chi connectivity index (χ3n) is 10.8. The number of carbonyl (C=O) groups excluding carboxylic acids is 3. The average molecular weight is 549 g/mol. The third-order valence-corrected chi connectivity index (χ3v) is 10.8. The van der Waals surface area contributed by atoms with Crippen LogP contribution in [0, 0.1) is 17.8 Å². The van der Waals surface area contributed by atoms with E-state index in [0.717, 1.165) is 81.4 Å². The first kappa shape index (κ1) is 26.4. The number of piperidine rings is 1. The van der Waals surface area contributed by atoms with E-state index in [0.29, 0.717) is 24.1 Å². The van der Waals surface area contributed by atoms with Crippen molar-refractivity contribution >= 4 is 23.4 Å². The number of nitrogens with one attached hydrogen (secondary N) is 3. The largest absolute Gasteiger partial charge is 0.383 e. The van der Waals surface area contributed by atoms with Gasteiger partial charge in [-0.05, 0) is 74.8 Å². The highest BCUT2D eigenvalue weighted by molar-refractivity contribution is 6.06. The van der Waals surface area contributed by atoms with Crippen LogP contribution < -0.4 is 16.0 Å². The van der Waals surface area contributed by atoms with Crippen molar-refractivity contribution in [3.63, 3.8) is 0 Å². The zero-order chi connectivity index (χ0) is 27.3. The normalized spacial score (nSPS) is 33.9. The molecule has 0 spiro atoms. The maximum Gasteiger partial charge on any atom is 0.255 e. The summed E-state index contributed by atoms with van der Waals surface area (Å²) in [5, 5.41) is 10.0. The SMILES string of the molecule is O=C1CCC(N2Cc3c(NCCN4CCN(CCNC56CC7CC(CC(C7)C5)C6)CC4)cccc3C2=O)C(=O)N1. The number of amides is 3. The van der Waals surface area contributed by atoms with Crippen LogP contribution in [-0.2, 0) is 16.1 Å². The fourth-order valence-corrected chi connectivity index (χ4v) is 9.14. The van der Waals surface area contributed by atoms with Crippen molar-refractivity contribution in [3.8, 4) is 0 Å². The standard InChI is InChI=1S/C31H44N6O3/c38-28-5-4-27(29(39)34-28)37-20-25-24(30(37)40)2-1-3-26(25)32-6-8-35-10-12-36(13-11-35)9-7-33-31-17-21-14-22(18-31)16-23(15-21)19-31/h1-3,21-23,27,32-33H,4-20H2,(H,34,38,39). The molecule has 3 heterocycles. The Balaban J connectivity index is 0.847. The molecule has 1 aromatic rings. The number of carbonyl (C=O) groups is 3. The molecule has 9 nitrogen and oxygen atoms in total. The Bertz CT molecular complexity index is 1130. The molecular formula is C31H44N6O3. The number of nitrogens with zero attached hydrogens (tertiary/aromatic N) is 3. The molecule has 3 amide bonds. The fraction of sp³-hybridized carbons (Fsp3) is 0.710. The monoisotopic (exact) mass is 548 g/mol. The van der Waals surface area contributed by atoms with E-state index in [2.05, 4.69) is 25.8 Å². The molecule has 6 fully saturated rings. The van der Waals surface area contributed by atoms with Crippen LogP contribution >= 0.6 is 0 Å². The number of imide groups is 1. The minimum atomic E-state index is -0.579. The first-order valence-electron chi connectivity index (χ1n) is 15.6. The van der Waals surface area contributed by atoms with Gasteiger partial charge in [0.25, 0.3) is 5.91 Å². The fourth-order valence-electron chi connectivity index (χ4n) is 9.14. The second kappa shape index (κ2) is 10.7. The van der Waals surface area contributed by atoms with Crippen LogP contribution in [0.25, 0.3) is 0 Å². The molecule has 4 bridgehead atoms. The van der Waals surface area contributed by atoms with Crippen molar-refractivity contribution in [1.29, 1.82) is 0 Å². The Morgan fingerprint density at radius 3 is 2.17 bits per heavy atom. The van der Waals surface area contributed by atoms with Gasteiger partial charge in [-0.1, -0.05) is 6.07 Å². The predicted octanol–water partition coefficient (Wildman–Crippen LogP) is 2.04. The second-order valence-corrected chi connectivity index (χ2v) is 13.5. The minimum Gasteiger partial charge on any atom is -0.383 e. The summed E-state index contributed by atoms with van der Waals surface area (Å²) in [6.45, 7) is 8.89. The minimum absolute atomic E-state index is 0.123. The van der Waals surface area contributed by atoms with Crippen molar-refractivity contribution in [2.75, 3.05) is 57.7 Å². The molecule has 3 aliphatic heterocycles. The molecule has 2 saturated heterocycles. The molecule has 9 heteroatoms. The number of benzene rings is 1. The summed E-state index contributed by atoms with van der Waals surface area (Å²) < 4.78 is 0. The summed E-state index contributed by atoms with van der Waals surface area (Å²) >= 11 is 0. The highest BCUT2D eigenvalue weighted by atomic mass is 16.2. The summed E-state index contributed by atoms with van der Waals surface area (Å²) in [4.78, 5) is 43.8. The molecular weight excluding hydrogens is 504 g/mol. The van der Waals surface area contributed by atoms with Crippen LogP contribution in [0.15, 0.2) is 18.2 Å². The van der Waals surface area contributed by atoms with Crippen LogP contribution in [0.4, 0.5) is 5.69 Å². The molecule has 3 N–H and O–H groups in total. The van der Waals surface area contributed by atoms with Crippen molar-refractivity contribution < 1.29 is 14.4 Å². The van der Waals surface area contributed by atoms with Gasteiger partial charge in [0.05, 0.1) is 0 Å². The van der Waals surface area contributed by atoms with Gasteiger partial charge in [0.1, 0.15) is 6.04 Å². The van der Waals surface area contributed by atoms with E-state index in [9.17, 15) is 14.4 Å². The van der Waals surface area contributed by atoms with Gasteiger partial charge in [-0.25, -0.2) is 0 Å². The van der Waals surface area contributed by atoms with E-state index in [1.54, 1.807) is 4.90 Å². The lowest BCUT2D eigenvalue weighted by atomic mass is 9.53. The molecule has 4 aliphatic carbocycles. The lowest BCUT2D eigenvalue weighted by Crippen LogP contribution is -2.59. The number of fused-ring (bicyclic) bond motifs is 1. The van der Waals surface area contributed by atoms with E-state index < -0.39 is 6.04 Å². The topological polar surface area (TPSA) is 97.0 Å². The van der Waals surface area contributed by atoms with Crippen LogP contribution in [-0.4, -0.2) is 96.4 Å². The van der Waals surface area contributed by atoms with E-state index in [4.69, 9.17) is 0 Å². The van der Waals surface area contributed by atoms with Crippen LogP contribution in [0.1, 0.15) is 67.3 Å². The molecule has 1 atom stereocenters. The quantitative estimate of drug-likeness (QED) is 0.407. The Labute approximate surface area is 237 Å². The summed E-state index contributed by atoms with van der Waals surface area (Å²) in [5.74, 6) is 2.24. The summed E-state index contributed by atoms with van der Waals surface area (Å²) in [7, 11) is 0. The number of anilines is 1. The number of hydrogen-bond donors (Lipinski definition) is 3. The van der Waals surface area contributed by atoms with Crippen molar-refractivity contribution in [1.82, 2.24) is 25.3 Å². The molecule has 0 radical (unpaired) electrons. The van der Waals surface area contributed by atoms with Gasteiger partial charge >= 0.3 is 0 Å². The van der Waals surface area contributed by atoms with E-state index in [1.165, 1.54) is 38.5 Å². The predicted molar refractivity (Wildman–Crippen MR) is 153 cm³/mol. The molecule has 7 aliphatic rings. The molecule has 216 valence electrons. The number of rotatable bonds is 9. The Morgan fingerprint density at radius 1 is 0.875 bits per heavy atom. The maximum absolute atomic E-state index is 13.1. The summed E-state index contributed by atoms with van der Waals surface area (Å²) in [6, 6.07) is 5.19. The summed E-state index contributed by atoms with van der Waals surface area (Å²) in [6.07, 6.45) is 9.44. The Morgan fingerprint density at radius 2 is 1.52 bits per heavy atom. The van der Waals surface area contributed by atoms with Gasteiger partial charge in [0.2, 0.25) is 11.8 Å². The first-order chi connectivity index (χ1) is 19.4. The Hall–Kier alpha value is -2.49. The van der Waals surface area contributed by atoms with Gasteiger partial charge in [-0.15, -0.1) is 0 Å². The van der Waals surface area contributed by atoms with E-state index in [-0.39, 0.29) is 24.1 Å². The molecule has 4 saturated carbocycles. The van der Waals surface area contributed by atoms with Gasteiger partial charge in [0, 0.05) is 87.7 Å². The lowest BCUT2D eigenvalue weighted by molar-refractivity contribution is -0.136. The molecule has 1 unspecified atom stereocenters. The average Bonchev–Trinajstić information content (AvgIpc) is 3.25. The Kier molecular flexibility index (Phi) is 7.08. The maximum atomic E-state index is 13.1. The van der Waals surface area contributed by atoms with Gasteiger partial charge < -0.3 is 15.5 Å². The molecule has 0 aromatic heterocycles. The van der Waals surface area contributed by atoms with Crippen molar-refractivity contribution in [3.05, 3.63) is 29.3 Å². The van der Waals surface area contributed by atoms with Crippen molar-refractivity contribution in [2.24, 2.45) is 17.8 Å². The molecule has 1 aromatic carbocycles. The summed E-state index contributed by atoms with van der Waals surface area (Å²) in [5.41, 5.74) is 3.04. The third kappa shape index (κ3) is 5.16. The highest BCUT2D eigenvalue weighted by Crippen LogP contribution is 2.55. The number of piperazine rings is 1. The van der Waals surface area contributed by atoms with Gasteiger partial charge in [-0.2, -0.15) is 0 Å². The second-order valence-electron chi connectivity index (χ2n) is 13.5. The zero-order valence-corrected chi connectivity index (χ0v) is 23.6. The van der Waals surface area contributed by atoms with Gasteiger partial charge in [0.15, 0.2) is 0 Å². The van der Waals surface area contributed by atoms with Crippen LogP contribution in [0.3, 0.4) is 0 Å². The zero-order valence-electron chi connectivity index (χ0n) is 23.6. The van der Waals surface area contributed by atoms with E-state index in [1.807, 2.05) is 18.2 Å². The lowest BCUT2D eigenvalue weighted by Gasteiger charge is -2.57. The first-order valence-corrected chi connectivity index (χ1v) is 15.6. The smallest absolute Gasteiger partial charge is 0.255 e.